The summed E-state index contributed by atoms with van der Waals surface area (Å²) >= 11 is 0. The number of terminal acetylenes is 1. The van der Waals surface area contributed by atoms with Crippen LogP contribution in [0.2, 0.25) is 0 Å². The normalized spacial score (nSPS) is 27.0. The van der Waals surface area contributed by atoms with Gasteiger partial charge in [-0.1, -0.05) is 36.3 Å². The van der Waals surface area contributed by atoms with Gasteiger partial charge in [0.05, 0.1) is 6.61 Å². The summed E-state index contributed by atoms with van der Waals surface area (Å²) in [6, 6.07) is 9.78. The van der Waals surface area contributed by atoms with Gasteiger partial charge in [0.2, 0.25) is 0 Å². The van der Waals surface area contributed by atoms with Crippen molar-refractivity contribution in [2.75, 3.05) is 6.61 Å². The van der Waals surface area contributed by atoms with E-state index in [9.17, 15) is 0 Å². The Hall–Kier alpha value is -1.30. The van der Waals surface area contributed by atoms with Crippen molar-refractivity contribution in [2.45, 2.75) is 12.4 Å². The lowest BCUT2D eigenvalue weighted by Crippen LogP contribution is -2.05. The van der Waals surface area contributed by atoms with Crippen molar-refractivity contribution in [1.82, 2.24) is 0 Å². The Balaban J connectivity index is 2.09. The Kier molecular flexibility index (Phi) is 2.31. The van der Waals surface area contributed by atoms with Gasteiger partial charge in [-0.05, 0) is 0 Å². The molecule has 0 aliphatic carbocycles. The van der Waals surface area contributed by atoms with Crippen LogP contribution in [-0.4, -0.2) is 12.7 Å². The maximum atomic E-state index is 5.44. The predicted molar refractivity (Wildman–Crippen MR) is 48.8 cm³/mol. The van der Waals surface area contributed by atoms with Gasteiger partial charge in [-0.2, -0.15) is 0 Å². The number of ether oxygens (including phenoxy) is 2. The molecule has 1 aromatic rings. The van der Waals surface area contributed by atoms with Gasteiger partial charge in [0, 0.05) is 5.56 Å². The molecule has 0 radical (unpaired) electrons. The second-order valence-electron chi connectivity index (χ2n) is 2.87. The lowest BCUT2D eigenvalue weighted by Gasteiger charge is -2.08. The highest BCUT2D eigenvalue weighted by Gasteiger charge is 2.25. The van der Waals surface area contributed by atoms with Gasteiger partial charge < -0.3 is 9.47 Å². The fraction of sp³-hybridized carbons (Fsp3) is 0.273. The van der Waals surface area contributed by atoms with Gasteiger partial charge in [-0.3, -0.25) is 0 Å². The lowest BCUT2D eigenvalue weighted by atomic mass is 10.2. The molecular formula is C11H10O2. The van der Waals surface area contributed by atoms with Crippen molar-refractivity contribution in [3.05, 3.63) is 35.9 Å². The minimum atomic E-state index is -0.290. The van der Waals surface area contributed by atoms with Crippen LogP contribution in [0.3, 0.4) is 0 Å². The number of benzene rings is 1. The van der Waals surface area contributed by atoms with Crippen LogP contribution in [0, 0.1) is 12.3 Å². The van der Waals surface area contributed by atoms with E-state index in [1.54, 1.807) is 0 Å². The Labute approximate surface area is 77.5 Å². The molecule has 0 bridgehead atoms. The van der Waals surface area contributed by atoms with Crippen LogP contribution >= 0.6 is 0 Å². The summed E-state index contributed by atoms with van der Waals surface area (Å²) in [4.78, 5) is 0. The number of hydrogen-bond donors (Lipinski definition) is 0. The molecule has 1 fully saturated rings. The van der Waals surface area contributed by atoms with Crippen molar-refractivity contribution in [1.29, 1.82) is 0 Å². The van der Waals surface area contributed by atoms with E-state index in [0.717, 1.165) is 5.56 Å². The van der Waals surface area contributed by atoms with Gasteiger partial charge in [-0.15, -0.1) is 6.42 Å². The average molecular weight is 174 g/mol. The molecule has 66 valence electrons. The largest absolute Gasteiger partial charge is 0.345 e. The molecule has 0 amide bonds. The molecule has 2 atom stereocenters. The van der Waals surface area contributed by atoms with E-state index >= 15 is 0 Å². The van der Waals surface area contributed by atoms with Crippen LogP contribution in [-0.2, 0) is 9.47 Å². The second-order valence-corrected chi connectivity index (χ2v) is 2.87. The first kappa shape index (κ1) is 8.31. The molecular weight excluding hydrogens is 164 g/mol. The second kappa shape index (κ2) is 3.61. The van der Waals surface area contributed by atoms with Crippen molar-refractivity contribution in [3.63, 3.8) is 0 Å². The van der Waals surface area contributed by atoms with E-state index in [-0.39, 0.29) is 12.4 Å². The summed E-state index contributed by atoms with van der Waals surface area (Å²) in [5, 5.41) is 0. The average Bonchev–Trinajstić information content (AvgIpc) is 2.67. The molecule has 2 nitrogen and oxygen atoms in total. The van der Waals surface area contributed by atoms with Gasteiger partial charge in [0.25, 0.3) is 0 Å². The van der Waals surface area contributed by atoms with Crippen molar-refractivity contribution < 1.29 is 9.47 Å². The fourth-order valence-electron chi connectivity index (χ4n) is 1.27. The molecule has 1 saturated heterocycles. The summed E-state index contributed by atoms with van der Waals surface area (Å²) in [6.45, 7) is 0.482. The summed E-state index contributed by atoms with van der Waals surface area (Å²) < 4.78 is 10.8. The summed E-state index contributed by atoms with van der Waals surface area (Å²) in [5.74, 6) is 2.52. The van der Waals surface area contributed by atoms with E-state index in [1.807, 2.05) is 30.3 Å². The smallest absolute Gasteiger partial charge is 0.185 e. The van der Waals surface area contributed by atoms with Gasteiger partial charge in [0.15, 0.2) is 6.29 Å². The predicted octanol–water partition coefficient (Wildman–Crippen LogP) is 1.73. The molecule has 13 heavy (non-hydrogen) atoms. The van der Waals surface area contributed by atoms with Crippen LogP contribution in [0.25, 0.3) is 0 Å². The first-order chi connectivity index (χ1) is 6.40. The molecule has 2 rings (SSSR count). The van der Waals surface area contributed by atoms with Crippen LogP contribution in [0.4, 0.5) is 0 Å². The first-order valence-electron chi connectivity index (χ1n) is 4.18. The van der Waals surface area contributed by atoms with E-state index < -0.39 is 0 Å². The third-order valence-corrected chi connectivity index (χ3v) is 1.94. The maximum absolute atomic E-state index is 5.44. The Morgan fingerprint density at radius 3 is 2.69 bits per heavy atom. The van der Waals surface area contributed by atoms with Gasteiger partial charge in [-0.25, -0.2) is 0 Å². The van der Waals surface area contributed by atoms with Crippen LogP contribution in [0.1, 0.15) is 11.9 Å². The molecule has 2 heteroatoms. The molecule has 1 aromatic carbocycles. The van der Waals surface area contributed by atoms with Gasteiger partial charge in [0.1, 0.15) is 6.10 Å². The zero-order valence-electron chi connectivity index (χ0n) is 7.14. The molecule has 1 heterocycles. The molecule has 0 saturated carbocycles. The van der Waals surface area contributed by atoms with E-state index in [0.29, 0.717) is 6.61 Å². The van der Waals surface area contributed by atoms with E-state index in [4.69, 9.17) is 15.9 Å². The summed E-state index contributed by atoms with van der Waals surface area (Å²) in [6.07, 6.45) is 4.73. The highest BCUT2D eigenvalue weighted by Crippen LogP contribution is 2.25. The topological polar surface area (TPSA) is 18.5 Å². The SMILES string of the molecule is C#C[C@H]1COC(c2ccccc2)O1. The fourth-order valence-corrected chi connectivity index (χ4v) is 1.27. The maximum Gasteiger partial charge on any atom is 0.185 e. The highest BCUT2D eigenvalue weighted by molar-refractivity contribution is 5.17. The van der Waals surface area contributed by atoms with E-state index in [1.165, 1.54) is 0 Å². The van der Waals surface area contributed by atoms with Crippen LogP contribution in [0.5, 0.6) is 0 Å². The van der Waals surface area contributed by atoms with Crippen LogP contribution < -0.4 is 0 Å². The Morgan fingerprint density at radius 2 is 2.08 bits per heavy atom. The minimum Gasteiger partial charge on any atom is -0.345 e. The standard InChI is InChI=1S/C11H10O2/c1-2-10-8-12-11(13-10)9-6-4-3-5-7-9/h1,3-7,10-11H,8H2/t10-,11?/m0/s1. The zero-order chi connectivity index (χ0) is 9.10. The quantitative estimate of drug-likeness (QED) is 0.604. The minimum absolute atomic E-state index is 0.204. The Bertz CT molecular complexity index is 313. The molecule has 1 aliphatic rings. The third kappa shape index (κ3) is 1.72. The van der Waals surface area contributed by atoms with Crippen molar-refractivity contribution in [2.24, 2.45) is 0 Å². The lowest BCUT2D eigenvalue weighted by molar-refractivity contribution is -0.0521. The highest BCUT2D eigenvalue weighted by atomic mass is 16.7. The van der Waals surface area contributed by atoms with Crippen LogP contribution in [0.15, 0.2) is 30.3 Å². The Morgan fingerprint density at radius 1 is 1.31 bits per heavy atom. The third-order valence-electron chi connectivity index (χ3n) is 1.94. The molecule has 1 aliphatic heterocycles. The molecule has 0 spiro atoms. The summed E-state index contributed by atoms with van der Waals surface area (Å²) in [7, 11) is 0. The van der Waals surface area contributed by atoms with E-state index in [2.05, 4.69) is 5.92 Å². The number of hydrogen-bond acceptors (Lipinski definition) is 2. The zero-order valence-corrected chi connectivity index (χ0v) is 7.14. The first-order valence-corrected chi connectivity index (χ1v) is 4.18. The molecule has 1 unspecified atom stereocenters. The monoisotopic (exact) mass is 174 g/mol. The number of rotatable bonds is 1. The van der Waals surface area contributed by atoms with Crippen molar-refractivity contribution >= 4 is 0 Å². The summed E-state index contributed by atoms with van der Waals surface area (Å²) in [5.41, 5.74) is 1.01. The molecule has 0 aromatic heterocycles. The molecule has 0 N–H and O–H groups in total. The van der Waals surface area contributed by atoms with Gasteiger partial charge >= 0.3 is 0 Å². The van der Waals surface area contributed by atoms with Crippen molar-refractivity contribution in [3.8, 4) is 12.3 Å².